The molecule has 1 aromatic carbocycles. The lowest BCUT2D eigenvalue weighted by molar-refractivity contribution is -0.348. The molecule has 5 nitrogen and oxygen atoms in total. The van der Waals surface area contributed by atoms with Gasteiger partial charge in [0.2, 0.25) is 0 Å². The first-order valence-corrected chi connectivity index (χ1v) is 14.8. The number of aryl methyl sites for hydroxylation is 1. The van der Waals surface area contributed by atoms with Crippen molar-refractivity contribution in [3.8, 4) is 0 Å². The maximum atomic E-state index is 15.0. The lowest BCUT2D eigenvalue weighted by atomic mass is 9.71. The molecular weight excluding hydrogens is 601 g/mol. The monoisotopic (exact) mass is 630 g/mol. The van der Waals surface area contributed by atoms with Gasteiger partial charge in [0, 0.05) is 29.6 Å². The summed E-state index contributed by atoms with van der Waals surface area (Å²) in [5, 5.41) is 2.88. The number of hydrogen-bond acceptors (Lipinski definition) is 4. The maximum Gasteiger partial charge on any atom is 0.435 e. The normalized spacial score (nSPS) is 23.6. The summed E-state index contributed by atoms with van der Waals surface area (Å²) in [4.78, 5) is 16.5. The molecule has 0 radical (unpaired) electrons. The minimum atomic E-state index is -6.32. The van der Waals surface area contributed by atoms with Gasteiger partial charge in [0.15, 0.2) is 9.84 Å². The van der Waals surface area contributed by atoms with E-state index in [9.17, 15) is 43.9 Å². The van der Waals surface area contributed by atoms with Crippen LogP contribution in [0.2, 0.25) is 0 Å². The molecule has 0 spiro atoms. The van der Waals surface area contributed by atoms with E-state index in [0.717, 1.165) is 12.1 Å². The van der Waals surface area contributed by atoms with Gasteiger partial charge in [-0.15, -0.1) is 0 Å². The Morgan fingerprint density at radius 3 is 2.23 bits per heavy atom. The van der Waals surface area contributed by atoms with Crippen molar-refractivity contribution in [1.82, 2.24) is 10.3 Å². The summed E-state index contributed by atoms with van der Waals surface area (Å²) in [6.45, 7) is 8.82. The van der Waals surface area contributed by atoms with E-state index < -0.39 is 62.0 Å². The predicted molar refractivity (Wildman–Crippen MR) is 146 cm³/mol. The number of aromatic nitrogens is 1. The Kier molecular flexibility index (Phi) is 8.46. The standard InChI is InChI=1S/C30H29F7N2O3S/c1-4-6-22(5-2)43(41,42)27-14-11-23(18(3)39-26(40)19-12-15-38-16-13-19)25(27)9-7-20-17-21(8-10-24(20)27)28(31,29(32,33)34)30(35,36)37/h4-6,8,10,12-13,15-18,23,25H,1-2,7,9,11,14H2,3H3,(H,39,40)/b22-6+/t18?,23-,25-,27+/m0/s1. The number of fused-ring (bicyclic) bond motifs is 3. The molecule has 43 heavy (non-hydrogen) atoms. The molecule has 1 heterocycles. The fourth-order valence-corrected chi connectivity index (χ4v) is 9.17. The Labute approximate surface area is 244 Å². The summed E-state index contributed by atoms with van der Waals surface area (Å²) in [6, 6.07) is 4.17. The molecule has 1 saturated carbocycles. The molecule has 1 aromatic heterocycles. The van der Waals surface area contributed by atoms with Crippen molar-refractivity contribution in [3.63, 3.8) is 0 Å². The van der Waals surface area contributed by atoms with Crippen LogP contribution in [-0.2, 0) is 26.7 Å². The van der Waals surface area contributed by atoms with Crippen molar-refractivity contribution in [1.29, 1.82) is 0 Å². The maximum absolute atomic E-state index is 15.0. The van der Waals surface area contributed by atoms with Crippen LogP contribution in [0.15, 0.2) is 79.0 Å². The second kappa shape index (κ2) is 11.2. The van der Waals surface area contributed by atoms with Crippen molar-refractivity contribution < 1.29 is 43.9 Å². The Morgan fingerprint density at radius 1 is 1.05 bits per heavy atom. The third-order valence-corrected chi connectivity index (χ3v) is 11.3. The Balaban J connectivity index is 1.86. The number of benzene rings is 1. The summed E-state index contributed by atoms with van der Waals surface area (Å²) < 4.78 is 123. The predicted octanol–water partition coefficient (Wildman–Crippen LogP) is 7.03. The highest BCUT2D eigenvalue weighted by atomic mass is 32.2. The second-order valence-corrected chi connectivity index (χ2v) is 13.0. The van der Waals surface area contributed by atoms with Crippen LogP contribution in [0.4, 0.5) is 30.7 Å². The zero-order chi connectivity index (χ0) is 32.0. The second-order valence-electron chi connectivity index (χ2n) is 10.8. The van der Waals surface area contributed by atoms with Crippen LogP contribution in [0.1, 0.15) is 53.2 Å². The highest BCUT2D eigenvalue weighted by Gasteiger charge is 2.73. The molecule has 1 amide bonds. The van der Waals surface area contributed by atoms with E-state index in [2.05, 4.69) is 23.5 Å². The van der Waals surface area contributed by atoms with Crippen LogP contribution >= 0.6 is 0 Å². The van der Waals surface area contributed by atoms with Crippen LogP contribution in [0.25, 0.3) is 0 Å². The van der Waals surface area contributed by atoms with Crippen LogP contribution in [-0.4, -0.2) is 37.7 Å². The minimum Gasteiger partial charge on any atom is -0.349 e. The molecule has 1 fully saturated rings. The van der Waals surface area contributed by atoms with E-state index in [-0.39, 0.29) is 41.7 Å². The van der Waals surface area contributed by atoms with E-state index in [4.69, 9.17) is 0 Å². The van der Waals surface area contributed by atoms with E-state index in [1.54, 1.807) is 6.92 Å². The largest absolute Gasteiger partial charge is 0.435 e. The van der Waals surface area contributed by atoms with Gasteiger partial charge >= 0.3 is 18.0 Å². The number of sulfone groups is 1. The number of hydrogen-bond donors (Lipinski definition) is 1. The summed E-state index contributed by atoms with van der Waals surface area (Å²) in [6.07, 6.45) is -6.08. The molecule has 2 aliphatic carbocycles. The van der Waals surface area contributed by atoms with Gasteiger partial charge in [-0.2, -0.15) is 26.3 Å². The molecule has 13 heteroatoms. The average molecular weight is 631 g/mol. The molecule has 2 aliphatic rings. The quantitative estimate of drug-likeness (QED) is 0.251. The van der Waals surface area contributed by atoms with Crippen molar-refractivity contribution in [2.45, 2.75) is 61.4 Å². The highest BCUT2D eigenvalue weighted by molar-refractivity contribution is 7.96. The number of amides is 1. The fourth-order valence-electron chi connectivity index (χ4n) is 6.69. The van der Waals surface area contributed by atoms with E-state index in [1.807, 2.05) is 0 Å². The third-order valence-electron chi connectivity index (χ3n) is 8.65. The molecule has 0 bridgehead atoms. The number of carbonyl (C=O) groups is 1. The minimum absolute atomic E-state index is 0.00571. The SMILES string of the molecule is C=C/C=C(\C=C)S(=O)(=O)[C@@]12CC[C@@H](C(C)NC(=O)c3ccncc3)[C@@H]1CCc1cc(C(F)(C(F)(F)F)C(F)(F)F)ccc12. The summed E-state index contributed by atoms with van der Waals surface area (Å²) >= 11 is 0. The Morgan fingerprint density at radius 2 is 1.67 bits per heavy atom. The van der Waals surface area contributed by atoms with Gasteiger partial charge in [0.25, 0.3) is 5.91 Å². The molecule has 1 unspecified atom stereocenters. The number of nitrogens with zero attached hydrogens (tertiary/aromatic N) is 1. The van der Waals surface area contributed by atoms with Gasteiger partial charge in [-0.3, -0.25) is 9.78 Å². The van der Waals surface area contributed by atoms with Gasteiger partial charge in [0.1, 0.15) is 4.75 Å². The van der Waals surface area contributed by atoms with Crippen LogP contribution in [0, 0.1) is 11.8 Å². The van der Waals surface area contributed by atoms with Gasteiger partial charge in [-0.25, -0.2) is 12.8 Å². The molecule has 0 saturated heterocycles. The zero-order valence-electron chi connectivity index (χ0n) is 23.0. The summed E-state index contributed by atoms with van der Waals surface area (Å²) in [5.74, 6) is -1.56. The van der Waals surface area contributed by atoms with Crippen LogP contribution in [0.5, 0.6) is 0 Å². The fraction of sp³-hybridized carbons (Fsp3) is 0.400. The Bertz CT molecular complexity index is 1540. The van der Waals surface area contributed by atoms with E-state index in [0.29, 0.717) is 17.7 Å². The van der Waals surface area contributed by atoms with Crippen molar-refractivity contribution in [3.05, 3.63) is 101 Å². The van der Waals surface area contributed by atoms with Crippen LogP contribution in [0.3, 0.4) is 0 Å². The number of halogens is 7. The number of pyridine rings is 1. The number of rotatable bonds is 8. The lowest BCUT2D eigenvalue weighted by Crippen LogP contribution is -2.51. The van der Waals surface area contributed by atoms with Crippen molar-refractivity contribution in [2.24, 2.45) is 11.8 Å². The first-order valence-electron chi connectivity index (χ1n) is 13.3. The van der Waals surface area contributed by atoms with Gasteiger partial charge in [-0.05, 0) is 73.8 Å². The Hall–Kier alpha value is -3.48. The number of nitrogens with one attached hydrogen (secondary N) is 1. The molecule has 232 valence electrons. The first-order chi connectivity index (χ1) is 20.0. The van der Waals surface area contributed by atoms with Gasteiger partial charge in [-0.1, -0.05) is 43.5 Å². The van der Waals surface area contributed by atoms with Crippen molar-refractivity contribution in [2.75, 3.05) is 0 Å². The van der Waals surface area contributed by atoms with Gasteiger partial charge in [0.05, 0.1) is 4.91 Å². The van der Waals surface area contributed by atoms with Gasteiger partial charge < -0.3 is 5.32 Å². The average Bonchev–Trinajstić information content (AvgIpc) is 3.36. The molecule has 2 aromatic rings. The highest BCUT2D eigenvalue weighted by Crippen LogP contribution is 2.61. The molecule has 1 N–H and O–H groups in total. The first kappa shape index (κ1) is 32.4. The van der Waals surface area contributed by atoms with Crippen molar-refractivity contribution >= 4 is 15.7 Å². The zero-order valence-corrected chi connectivity index (χ0v) is 23.8. The number of alkyl halides is 7. The topological polar surface area (TPSA) is 76.1 Å². The van der Waals surface area contributed by atoms with E-state index in [1.165, 1.54) is 36.7 Å². The molecular formula is C30H29F7N2O3S. The lowest BCUT2D eigenvalue weighted by Gasteiger charge is -2.44. The molecule has 0 aliphatic heterocycles. The molecule has 4 atom stereocenters. The third kappa shape index (κ3) is 5.08. The smallest absolute Gasteiger partial charge is 0.349 e. The number of allylic oxidation sites excluding steroid dienone is 3. The summed E-state index contributed by atoms with van der Waals surface area (Å²) in [5.41, 5.74) is -7.12. The summed E-state index contributed by atoms with van der Waals surface area (Å²) in [7, 11) is -4.39. The number of carbonyl (C=O) groups excluding carboxylic acids is 1. The molecule has 4 rings (SSSR count). The van der Waals surface area contributed by atoms with E-state index >= 15 is 0 Å². The van der Waals surface area contributed by atoms with Crippen LogP contribution < -0.4 is 5.32 Å².